The zero-order chi connectivity index (χ0) is 17.3. The smallest absolute Gasteiger partial charge is 0.254 e. The summed E-state index contributed by atoms with van der Waals surface area (Å²) in [5, 5.41) is 5.01. The first-order valence-electron chi connectivity index (χ1n) is 8.11. The maximum Gasteiger partial charge on any atom is 0.254 e. The summed E-state index contributed by atoms with van der Waals surface area (Å²) in [6.45, 7) is 3.10. The van der Waals surface area contributed by atoms with E-state index in [1.54, 1.807) is 11.8 Å². The minimum absolute atomic E-state index is 0.0192. The number of aromatic nitrogens is 2. The highest BCUT2D eigenvalue weighted by Gasteiger charge is 2.35. The Hall–Kier alpha value is -1.85. The number of carbonyl (C=O) groups is 1. The van der Waals surface area contributed by atoms with Gasteiger partial charge in [0.05, 0.1) is 18.3 Å². The molecule has 2 heterocycles. The highest BCUT2D eigenvalue weighted by Crippen LogP contribution is 2.38. The lowest BCUT2D eigenvalue weighted by Crippen LogP contribution is -2.31. The summed E-state index contributed by atoms with van der Waals surface area (Å²) in [5.41, 5.74) is 3.46. The number of nitrogens with zero attached hydrogens (tertiary/aromatic N) is 3. The van der Waals surface area contributed by atoms with E-state index in [1.165, 1.54) is 0 Å². The first kappa shape index (κ1) is 17.0. The maximum absolute atomic E-state index is 13.2. The van der Waals surface area contributed by atoms with Gasteiger partial charge in [0.2, 0.25) is 0 Å². The number of hydrogen-bond acceptors (Lipinski definition) is 3. The van der Waals surface area contributed by atoms with E-state index in [1.807, 2.05) is 43.1 Å². The zero-order valence-electron chi connectivity index (χ0n) is 14.3. The summed E-state index contributed by atoms with van der Waals surface area (Å²) >= 11 is 6.43. The second-order valence-corrected chi connectivity index (χ2v) is 6.52. The van der Waals surface area contributed by atoms with Crippen LogP contribution in [0.15, 0.2) is 24.3 Å². The average Bonchev–Trinajstić information content (AvgIpc) is 3.12. The molecule has 1 aromatic heterocycles. The molecule has 24 heavy (non-hydrogen) atoms. The normalized spacial score (nSPS) is 17.5. The zero-order valence-corrected chi connectivity index (χ0v) is 15.0. The third-order valence-electron chi connectivity index (χ3n) is 4.59. The summed E-state index contributed by atoms with van der Waals surface area (Å²) < 4.78 is 6.90. The Morgan fingerprint density at radius 2 is 2.17 bits per heavy atom. The Kier molecular flexibility index (Phi) is 4.92. The molecule has 1 saturated heterocycles. The molecule has 5 nitrogen and oxygen atoms in total. The van der Waals surface area contributed by atoms with Gasteiger partial charge >= 0.3 is 0 Å². The number of hydrogen-bond donors (Lipinski definition) is 0. The summed E-state index contributed by atoms with van der Waals surface area (Å²) in [6, 6.07) is 7.59. The van der Waals surface area contributed by atoms with E-state index in [4.69, 9.17) is 16.3 Å². The SMILES string of the molecule is COCc1ccccc1C(=O)N1CCC[C@@H]1c1c(C)nn(C)c1Cl. The van der Waals surface area contributed by atoms with Crippen LogP contribution in [0.2, 0.25) is 5.15 Å². The van der Waals surface area contributed by atoms with E-state index in [0.717, 1.165) is 36.2 Å². The summed E-state index contributed by atoms with van der Waals surface area (Å²) in [7, 11) is 3.46. The van der Waals surface area contributed by atoms with Crippen molar-refractivity contribution in [3.05, 3.63) is 51.8 Å². The standard InChI is InChI=1S/C18H22ClN3O2/c1-12-16(17(19)21(2)20-12)15-9-6-10-22(15)18(23)14-8-5-4-7-13(14)11-24-3/h4-5,7-8,15H,6,9-11H2,1-3H3/t15-/m1/s1. The number of carbonyl (C=O) groups excluding carboxylic acids is 1. The second-order valence-electron chi connectivity index (χ2n) is 6.16. The van der Waals surface area contributed by atoms with Crippen molar-refractivity contribution in [2.24, 2.45) is 7.05 Å². The van der Waals surface area contributed by atoms with E-state index in [-0.39, 0.29) is 11.9 Å². The van der Waals surface area contributed by atoms with Crippen molar-refractivity contribution >= 4 is 17.5 Å². The van der Waals surface area contributed by atoms with Crippen LogP contribution in [0.5, 0.6) is 0 Å². The largest absolute Gasteiger partial charge is 0.380 e. The topological polar surface area (TPSA) is 47.4 Å². The van der Waals surface area contributed by atoms with Gasteiger partial charge in [-0.25, -0.2) is 0 Å². The molecule has 0 saturated carbocycles. The minimum atomic E-state index is -0.0192. The molecule has 128 valence electrons. The van der Waals surface area contributed by atoms with Crippen LogP contribution in [0.3, 0.4) is 0 Å². The molecule has 0 unspecified atom stereocenters. The van der Waals surface area contributed by atoms with Crippen molar-refractivity contribution in [3.63, 3.8) is 0 Å². The van der Waals surface area contributed by atoms with Gasteiger partial charge in [0.25, 0.3) is 5.91 Å². The van der Waals surface area contributed by atoms with E-state index < -0.39 is 0 Å². The molecule has 0 spiro atoms. The molecular formula is C18H22ClN3O2. The van der Waals surface area contributed by atoms with Gasteiger partial charge < -0.3 is 9.64 Å². The van der Waals surface area contributed by atoms with Gasteiger partial charge in [-0.1, -0.05) is 29.8 Å². The van der Waals surface area contributed by atoms with Gasteiger partial charge in [0.15, 0.2) is 0 Å². The van der Waals surface area contributed by atoms with Gasteiger partial charge in [-0.3, -0.25) is 9.48 Å². The maximum atomic E-state index is 13.2. The Bertz CT molecular complexity index is 757. The van der Waals surface area contributed by atoms with Gasteiger partial charge in [0.1, 0.15) is 5.15 Å². The number of amides is 1. The van der Waals surface area contributed by atoms with Crippen LogP contribution in [0.1, 0.15) is 46.1 Å². The predicted octanol–water partition coefficient (Wildman–Crippen LogP) is 3.51. The molecule has 0 aliphatic carbocycles. The summed E-state index contributed by atoms with van der Waals surface area (Å²) in [6.07, 6.45) is 1.87. The van der Waals surface area contributed by atoms with Crippen molar-refractivity contribution < 1.29 is 9.53 Å². The lowest BCUT2D eigenvalue weighted by Gasteiger charge is -2.26. The van der Waals surface area contributed by atoms with E-state index >= 15 is 0 Å². The highest BCUT2D eigenvalue weighted by molar-refractivity contribution is 6.30. The van der Waals surface area contributed by atoms with Gasteiger partial charge in [0, 0.05) is 31.8 Å². The monoisotopic (exact) mass is 347 g/mol. The van der Waals surface area contributed by atoms with Crippen LogP contribution in [-0.4, -0.2) is 34.2 Å². The molecule has 1 atom stereocenters. The van der Waals surface area contributed by atoms with Crippen LogP contribution in [-0.2, 0) is 18.4 Å². The van der Waals surface area contributed by atoms with E-state index in [0.29, 0.717) is 17.3 Å². The number of rotatable bonds is 4. The highest BCUT2D eigenvalue weighted by atomic mass is 35.5. The molecule has 1 aliphatic heterocycles. The fraction of sp³-hybridized carbons (Fsp3) is 0.444. The van der Waals surface area contributed by atoms with Crippen molar-refractivity contribution in [2.75, 3.05) is 13.7 Å². The summed E-state index contributed by atoms with van der Waals surface area (Å²) in [5.74, 6) is 0.0319. The van der Waals surface area contributed by atoms with Crippen molar-refractivity contribution in [3.8, 4) is 0 Å². The van der Waals surface area contributed by atoms with Crippen LogP contribution in [0.4, 0.5) is 0 Å². The fourth-order valence-electron chi connectivity index (χ4n) is 3.50. The number of methoxy groups -OCH3 is 1. The first-order chi connectivity index (χ1) is 11.5. The molecule has 0 radical (unpaired) electrons. The minimum Gasteiger partial charge on any atom is -0.380 e. The molecule has 0 bridgehead atoms. The molecule has 2 aromatic rings. The number of likely N-dealkylation sites (tertiary alicyclic amines) is 1. The Morgan fingerprint density at radius 3 is 2.83 bits per heavy atom. The molecule has 6 heteroatoms. The van der Waals surface area contributed by atoms with E-state index in [2.05, 4.69) is 5.10 Å². The molecule has 1 aromatic carbocycles. The van der Waals surface area contributed by atoms with Gasteiger partial charge in [-0.2, -0.15) is 5.10 Å². The number of benzene rings is 1. The van der Waals surface area contributed by atoms with Crippen molar-refractivity contribution in [2.45, 2.75) is 32.4 Å². The van der Waals surface area contributed by atoms with Crippen LogP contribution < -0.4 is 0 Å². The predicted molar refractivity (Wildman–Crippen MR) is 93.1 cm³/mol. The fourth-order valence-corrected chi connectivity index (χ4v) is 3.80. The lowest BCUT2D eigenvalue weighted by molar-refractivity contribution is 0.0730. The molecular weight excluding hydrogens is 326 g/mol. The molecule has 3 rings (SSSR count). The van der Waals surface area contributed by atoms with Gasteiger partial charge in [-0.05, 0) is 31.4 Å². The molecule has 0 N–H and O–H groups in total. The first-order valence-corrected chi connectivity index (χ1v) is 8.49. The number of ether oxygens (including phenoxy) is 1. The lowest BCUT2D eigenvalue weighted by atomic mass is 10.0. The summed E-state index contributed by atoms with van der Waals surface area (Å²) in [4.78, 5) is 15.1. The van der Waals surface area contributed by atoms with Gasteiger partial charge in [-0.15, -0.1) is 0 Å². The van der Waals surface area contributed by atoms with Crippen LogP contribution >= 0.6 is 11.6 Å². The van der Waals surface area contributed by atoms with Crippen molar-refractivity contribution in [1.29, 1.82) is 0 Å². The van der Waals surface area contributed by atoms with Crippen molar-refractivity contribution in [1.82, 2.24) is 14.7 Å². The Balaban J connectivity index is 1.95. The number of aryl methyl sites for hydroxylation is 2. The second kappa shape index (κ2) is 6.95. The molecule has 1 amide bonds. The quantitative estimate of drug-likeness (QED) is 0.850. The Labute approximate surface area is 147 Å². The molecule has 1 aliphatic rings. The number of halogens is 1. The third kappa shape index (κ3) is 2.94. The average molecular weight is 348 g/mol. The third-order valence-corrected chi connectivity index (χ3v) is 5.04. The van der Waals surface area contributed by atoms with Crippen LogP contribution in [0, 0.1) is 6.92 Å². The van der Waals surface area contributed by atoms with Crippen LogP contribution in [0.25, 0.3) is 0 Å². The van der Waals surface area contributed by atoms with E-state index in [9.17, 15) is 4.79 Å². The Morgan fingerprint density at radius 1 is 1.42 bits per heavy atom. The molecule has 1 fully saturated rings.